The molecule has 0 aliphatic heterocycles. The first-order chi connectivity index (χ1) is 9.33. The van der Waals surface area contributed by atoms with Gasteiger partial charge in [-0.1, -0.05) is 55.5 Å². The van der Waals surface area contributed by atoms with Crippen molar-refractivity contribution in [2.45, 2.75) is 18.8 Å². The van der Waals surface area contributed by atoms with Gasteiger partial charge in [-0.05, 0) is 34.1 Å². The van der Waals surface area contributed by atoms with Crippen LogP contribution >= 0.6 is 11.6 Å². The Hall–Kier alpha value is -1.27. The first kappa shape index (κ1) is 11.5. The Morgan fingerprint density at radius 3 is 1.63 bits per heavy atom. The molecule has 2 bridgehead atoms. The molecule has 2 atom stereocenters. The number of rotatable bonds is 1. The Balaban J connectivity index is 2.03. The number of hydrogen-bond acceptors (Lipinski definition) is 0. The molecule has 2 unspecified atom stereocenters. The van der Waals surface area contributed by atoms with Crippen molar-refractivity contribution in [3.63, 3.8) is 0 Å². The van der Waals surface area contributed by atoms with Gasteiger partial charge < -0.3 is 0 Å². The lowest BCUT2D eigenvalue weighted by Crippen LogP contribution is -2.39. The molecule has 3 aliphatic rings. The van der Waals surface area contributed by atoms with Gasteiger partial charge >= 0.3 is 0 Å². The minimum absolute atomic E-state index is 0.491. The van der Waals surface area contributed by atoms with E-state index in [1.165, 1.54) is 22.3 Å². The molecule has 0 saturated carbocycles. The summed E-state index contributed by atoms with van der Waals surface area (Å²) in [7, 11) is 0. The van der Waals surface area contributed by atoms with E-state index in [-0.39, 0.29) is 0 Å². The topological polar surface area (TPSA) is 0 Å². The van der Waals surface area contributed by atoms with Crippen LogP contribution in [0, 0.1) is 11.8 Å². The summed E-state index contributed by atoms with van der Waals surface area (Å²) in [6, 6.07) is 17.9. The van der Waals surface area contributed by atoms with Crippen molar-refractivity contribution in [1.82, 2.24) is 0 Å². The number of benzene rings is 2. The van der Waals surface area contributed by atoms with E-state index in [1.54, 1.807) is 0 Å². The monoisotopic (exact) mass is 268 g/mol. The van der Waals surface area contributed by atoms with Crippen molar-refractivity contribution in [3.05, 3.63) is 70.8 Å². The van der Waals surface area contributed by atoms with Crippen LogP contribution in [-0.4, -0.2) is 5.88 Å². The molecule has 19 heavy (non-hydrogen) atoms. The summed E-state index contributed by atoms with van der Waals surface area (Å²) in [5.74, 6) is 2.97. The molecule has 2 aromatic carbocycles. The van der Waals surface area contributed by atoms with Gasteiger partial charge in [-0.2, -0.15) is 0 Å². The van der Waals surface area contributed by atoms with Gasteiger partial charge in [-0.25, -0.2) is 0 Å². The molecule has 0 heterocycles. The van der Waals surface area contributed by atoms with E-state index in [4.69, 9.17) is 11.6 Å². The van der Waals surface area contributed by atoms with Crippen LogP contribution in [0.2, 0.25) is 0 Å². The zero-order valence-corrected chi connectivity index (χ0v) is 11.8. The number of fused-ring (bicyclic) bond motifs is 1. The summed E-state index contributed by atoms with van der Waals surface area (Å²) in [6.45, 7) is 2.37. The molecule has 0 fully saturated rings. The van der Waals surface area contributed by atoms with Crippen molar-refractivity contribution >= 4 is 11.6 Å². The van der Waals surface area contributed by atoms with Crippen molar-refractivity contribution < 1.29 is 0 Å². The van der Waals surface area contributed by atoms with Gasteiger partial charge in [0.2, 0.25) is 0 Å². The standard InChI is InChI=1S/C18H17Cl/c1-11-16(10-19)18-14-8-4-2-6-12(14)17(11)13-7-3-5-9-15(13)18/h2-9,11,16-18H,10H2,1H3. The number of halogens is 1. The van der Waals surface area contributed by atoms with Crippen LogP contribution < -0.4 is 0 Å². The van der Waals surface area contributed by atoms with Crippen molar-refractivity contribution in [3.8, 4) is 0 Å². The van der Waals surface area contributed by atoms with Crippen molar-refractivity contribution in [2.24, 2.45) is 11.8 Å². The van der Waals surface area contributed by atoms with Gasteiger partial charge in [0.1, 0.15) is 0 Å². The van der Waals surface area contributed by atoms with E-state index >= 15 is 0 Å². The molecule has 5 rings (SSSR count). The Morgan fingerprint density at radius 2 is 1.21 bits per heavy atom. The number of hydrogen-bond donors (Lipinski definition) is 0. The lowest BCUT2D eigenvalue weighted by atomic mass is 9.55. The molecule has 1 heteroatoms. The van der Waals surface area contributed by atoms with Gasteiger partial charge in [0.15, 0.2) is 0 Å². The molecule has 0 aromatic heterocycles. The fourth-order valence-electron chi connectivity index (χ4n) is 4.30. The highest BCUT2D eigenvalue weighted by Gasteiger charge is 2.46. The minimum Gasteiger partial charge on any atom is -0.126 e. The molecule has 0 amide bonds. The van der Waals surface area contributed by atoms with Crippen LogP contribution in [0.1, 0.15) is 41.0 Å². The van der Waals surface area contributed by atoms with Crippen LogP contribution in [0.15, 0.2) is 48.5 Å². The molecular formula is C18H17Cl. The summed E-state index contributed by atoms with van der Waals surface area (Å²) < 4.78 is 0. The molecule has 0 N–H and O–H groups in total. The lowest BCUT2D eigenvalue weighted by Gasteiger charge is -2.49. The highest BCUT2D eigenvalue weighted by Crippen LogP contribution is 2.58. The molecule has 3 aliphatic carbocycles. The molecule has 2 aromatic rings. The minimum atomic E-state index is 0.491. The maximum absolute atomic E-state index is 6.30. The third-order valence-corrected chi connectivity index (χ3v) is 5.50. The zero-order valence-electron chi connectivity index (χ0n) is 11.0. The highest BCUT2D eigenvalue weighted by molar-refractivity contribution is 6.18. The quantitative estimate of drug-likeness (QED) is 0.654. The average molecular weight is 269 g/mol. The Morgan fingerprint density at radius 1 is 0.789 bits per heavy atom. The molecular weight excluding hydrogens is 252 g/mol. The lowest BCUT2D eigenvalue weighted by molar-refractivity contribution is 0.274. The second-order valence-electron chi connectivity index (χ2n) is 5.89. The van der Waals surface area contributed by atoms with Gasteiger partial charge in [0.05, 0.1) is 0 Å². The van der Waals surface area contributed by atoms with Crippen molar-refractivity contribution in [2.75, 3.05) is 5.88 Å². The van der Waals surface area contributed by atoms with Crippen LogP contribution in [0.3, 0.4) is 0 Å². The Labute approximate surface area is 119 Å². The fraction of sp³-hybridized carbons (Fsp3) is 0.333. The summed E-state index contributed by atoms with van der Waals surface area (Å²) in [6.07, 6.45) is 0. The van der Waals surface area contributed by atoms with Crippen LogP contribution in [0.25, 0.3) is 0 Å². The third-order valence-electron chi connectivity index (χ3n) is 5.14. The van der Waals surface area contributed by atoms with Gasteiger partial charge in [-0.15, -0.1) is 11.6 Å². The van der Waals surface area contributed by atoms with Crippen molar-refractivity contribution in [1.29, 1.82) is 0 Å². The van der Waals surface area contributed by atoms with Crippen LogP contribution in [-0.2, 0) is 0 Å². The van der Waals surface area contributed by atoms with E-state index < -0.39 is 0 Å². The van der Waals surface area contributed by atoms with E-state index in [0.29, 0.717) is 23.7 Å². The first-order valence-electron chi connectivity index (χ1n) is 7.06. The maximum atomic E-state index is 6.30. The average Bonchev–Trinajstić information content (AvgIpc) is 2.47. The first-order valence-corrected chi connectivity index (χ1v) is 7.60. The number of alkyl halides is 1. The normalized spacial score (nSPS) is 30.8. The molecule has 0 nitrogen and oxygen atoms in total. The SMILES string of the molecule is CC1C2c3ccccc3C(c3ccccc32)C1CCl. The van der Waals surface area contributed by atoms with Gasteiger partial charge in [-0.3, -0.25) is 0 Å². The molecule has 0 spiro atoms. The predicted octanol–water partition coefficient (Wildman–Crippen LogP) is 4.77. The predicted molar refractivity (Wildman–Crippen MR) is 79.9 cm³/mol. The van der Waals surface area contributed by atoms with E-state index in [0.717, 1.165) is 5.88 Å². The zero-order chi connectivity index (χ0) is 13.0. The summed E-state index contributed by atoms with van der Waals surface area (Å²) in [4.78, 5) is 0. The van der Waals surface area contributed by atoms with Crippen LogP contribution in [0.5, 0.6) is 0 Å². The maximum Gasteiger partial charge on any atom is 0.0263 e. The molecule has 96 valence electrons. The second-order valence-corrected chi connectivity index (χ2v) is 6.20. The van der Waals surface area contributed by atoms with E-state index in [2.05, 4.69) is 55.5 Å². The third kappa shape index (κ3) is 1.41. The molecule has 0 saturated heterocycles. The largest absolute Gasteiger partial charge is 0.126 e. The Bertz CT molecular complexity index is 584. The highest BCUT2D eigenvalue weighted by atomic mass is 35.5. The van der Waals surface area contributed by atoms with E-state index in [1.807, 2.05) is 0 Å². The van der Waals surface area contributed by atoms with Gasteiger partial charge in [0, 0.05) is 17.7 Å². The Kier molecular flexibility index (Phi) is 2.50. The summed E-state index contributed by atoms with van der Waals surface area (Å²) >= 11 is 6.30. The van der Waals surface area contributed by atoms with Gasteiger partial charge in [0.25, 0.3) is 0 Å². The fourth-order valence-corrected chi connectivity index (χ4v) is 4.76. The van der Waals surface area contributed by atoms with Crippen LogP contribution in [0.4, 0.5) is 0 Å². The second kappa shape index (κ2) is 4.11. The summed E-state index contributed by atoms with van der Waals surface area (Å²) in [5, 5.41) is 0. The molecule has 0 radical (unpaired) electrons. The summed E-state index contributed by atoms with van der Waals surface area (Å²) in [5.41, 5.74) is 6.07. The smallest absolute Gasteiger partial charge is 0.0263 e. The van der Waals surface area contributed by atoms with E-state index in [9.17, 15) is 0 Å².